The molecule has 9 heavy (non-hydrogen) atoms. The Labute approximate surface area is 61.0 Å². The van der Waals surface area contributed by atoms with Crippen molar-refractivity contribution < 1.29 is 5.11 Å². The summed E-state index contributed by atoms with van der Waals surface area (Å²) in [6, 6.07) is 0. The van der Waals surface area contributed by atoms with Gasteiger partial charge in [-0.2, -0.15) is 0 Å². The van der Waals surface area contributed by atoms with Crippen LogP contribution < -0.4 is 0 Å². The molecule has 0 saturated heterocycles. The van der Waals surface area contributed by atoms with E-state index in [9.17, 15) is 5.11 Å². The maximum Gasteiger partial charge on any atom is 0.0637 e. The highest BCUT2D eigenvalue weighted by Gasteiger charge is 2.53. The molecule has 0 aromatic carbocycles. The Hall–Kier alpha value is 0.250. The Kier molecular flexibility index (Phi) is 1.52. The molecule has 0 amide bonds. The molecule has 1 aliphatic rings. The second-order valence-electron chi connectivity index (χ2n) is 3.48. The molecule has 1 saturated carbocycles. The molecule has 0 spiro atoms. The summed E-state index contributed by atoms with van der Waals surface area (Å²) < 4.78 is 0. The maximum absolute atomic E-state index is 9.41. The van der Waals surface area contributed by atoms with Gasteiger partial charge in [-0.05, 0) is 19.8 Å². The maximum atomic E-state index is 9.41. The standard InChI is InChI=1S/C7H13ClO/c1-4-5(6(4)8)7(2,3)9/h4-6,9H,1-3H3. The SMILES string of the molecule is CC1C(Cl)C1C(C)(C)O. The van der Waals surface area contributed by atoms with Gasteiger partial charge in [0.15, 0.2) is 0 Å². The van der Waals surface area contributed by atoms with Crippen LogP contribution in [0.25, 0.3) is 0 Å². The predicted octanol–water partition coefficient (Wildman–Crippen LogP) is 1.63. The Balaban J connectivity index is 2.50. The van der Waals surface area contributed by atoms with Crippen LogP contribution in [0.3, 0.4) is 0 Å². The Morgan fingerprint density at radius 3 is 1.78 bits per heavy atom. The number of aliphatic hydroxyl groups is 1. The molecule has 54 valence electrons. The molecular weight excluding hydrogens is 136 g/mol. The summed E-state index contributed by atoms with van der Waals surface area (Å²) in [6.07, 6.45) is 0. The fourth-order valence-corrected chi connectivity index (χ4v) is 2.06. The van der Waals surface area contributed by atoms with Crippen molar-refractivity contribution in [3.8, 4) is 0 Å². The quantitative estimate of drug-likeness (QED) is 0.561. The fraction of sp³-hybridized carbons (Fsp3) is 1.00. The van der Waals surface area contributed by atoms with E-state index < -0.39 is 5.60 Å². The first-order valence-electron chi connectivity index (χ1n) is 3.31. The molecular formula is C7H13ClO. The fourth-order valence-electron chi connectivity index (χ4n) is 1.45. The van der Waals surface area contributed by atoms with Crippen molar-refractivity contribution in [3.63, 3.8) is 0 Å². The van der Waals surface area contributed by atoms with E-state index in [2.05, 4.69) is 6.92 Å². The lowest BCUT2D eigenvalue weighted by atomic mass is 10.0. The van der Waals surface area contributed by atoms with Gasteiger partial charge in [-0.15, -0.1) is 11.6 Å². The molecule has 1 rings (SSSR count). The lowest BCUT2D eigenvalue weighted by molar-refractivity contribution is 0.0523. The molecule has 1 fully saturated rings. The zero-order valence-electron chi connectivity index (χ0n) is 6.06. The lowest BCUT2D eigenvalue weighted by Gasteiger charge is -2.15. The third-order valence-corrected chi connectivity index (χ3v) is 2.76. The summed E-state index contributed by atoms with van der Waals surface area (Å²) in [5.74, 6) is 0.797. The normalized spacial score (nSPS) is 43.0. The average molecular weight is 149 g/mol. The molecule has 2 heteroatoms. The second-order valence-corrected chi connectivity index (χ2v) is 3.99. The van der Waals surface area contributed by atoms with Gasteiger partial charge in [0.25, 0.3) is 0 Å². The van der Waals surface area contributed by atoms with Gasteiger partial charge in [-0.25, -0.2) is 0 Å². The van der Waals surface area contributed by atoms with Crippen LogP contribution in [0.1, 0.15) is 20.8 Å². The Bertz CT molecular complexity index is 109. The summed E-state index contributed by atoms with van der Waals surface area (Å²) in [5.41, 5.74) is -0.578. The van der Waals surface area contributed by atoms with Gasteiger partial charge in [0, 0.05) is 11.3 Å². The first-order valence-corrected chi connectivity index (χ1v) is 3.74. The molecule has 0 aromatic heterocycles. The number of hydrogen-bond acceptors (Lipinski definition) is 1. The molecule has 3 atom stereocenters. The van der Waals surface area contributed by atoms with Crippen molar-refractivity contribution in [2.24, 2.45) is 11.8 Å². The molecule has 0 radical (unpaired) electrons. The smallest absolute Gasteiger partial charge is 0.0637 e. The van der Waals surface area contributed by atoms with Crippen molar-refractivity contribution in [1.82, 2.24) is 0 Å². The lowest BCUT2D eigenvalue weighted by Crippen LogP contribution is -2.23. The van der Waals surface area contributed by atoms with Gasteiger partial charge in [-0.1, -0.05) is 6.92 Å². The van der Waals surface area contributed by atoms with Crippen molar-refractivity contribution in [1.29, 1.82) is 0 Å². The van der Waals surface area contributed by atoms with Crippen molar-refractivity contribution in [3.05, 3.63) is 0 Å². The summed E-state index contributed by atoms with van der Waals surface area (Å²) in [5, 5.41) is 9.61. The van der Waals surface area contributed by atoms with Gasteiger partial charge in [0.1, 0.15) is 0 Å². The predicted molar refractivity (Wildman–Crippen MR) is 38.6 cm³/mol. The minimum absolute atomic E-state index is 0.199. The summed E-state index contributed by atoms with van der Waals surface area (Å²) in [7, 11) is 0. The van der Waals surface area contributed by atoms with E-state index in [0.29, 0.717) is 11.8 Å². The molecule has 3 unspecified atom stereocenters. The van der Waals surface area contributed by atoms with Gasteiger partial charge >= 0.3 is 0 Å². The minimum Gasteiger partial charge on any atom is -0.390 e. The van der Waals surface area contributed by atoms with Crippen LogP contribution in [-0.2, 0) is 0 Å². The summed E-state index contributed by atoms with van der Waals surface area (Å²) >= 11 is 5.83. The monoisotopic (exact) mass is 148 g/mol. The highest BCUT2D eigenvalue weighted by atomic mass is 35.5. The number of hydrogen-bond donors (Lipinski definition) is 1. The molecule has 0 aromatic rings. The summed E-state index contributed by atoms with van der Waals surface area (Å²) in [6.45, 7) is 5.70. The third kappa shape index (κ3) is 1.22. The third-order valence-electron chi connectivity index (χ3n) is 2.09. The van der Waals surface area contributed by atoms with Crippen LogP contribution in [0.2, 0.25) is 0 Å². The second kappa shape index (κ2) is 1.86. The minimum atomic E-state index is -0.578. The van der Waals surface area contributed by atoms with E-state index in [4.69, 9.17) is 11.6 Å². The Morgan fingerprint density at radius 1 is 1.44 bits per heavy atom. The van der Waals surface area contributed by atoms with Crippen LogP contribution in [0.5, 0.6) is 0 Å². The van der Waals surface area contributed by atoms with Crippen LogP contribution in [0.4, 0.5) is 0 Å². The molecule has 1 aliphatic carbocycles. The van der Waals surface area contributed by atoms with E-state index in [0.717, 1.165) is 0 Å². The van der Waals surface area contributed by atoms with E-state index >= 15 is 0 Å². The average Bonchev–Trinajstić information content (AvgIpc) is 2.11. The van der Waals surface area contributed by atoms with E-state index in [1.165, 1.54) is 0 Å². The topological polar surface area (TPSA) is 20.2 Å². The highest BCUT2D eigenvalue weighted by Crippen LogP contribution is 2.49. The molecule has 0 heterocycles. The van der Waals surface area contributed by atoms with Gasteiger partial charge in [0.05, 0.1) is 5.60 Å². The van der Waals surface area contributed by atoms with Gasteiger partial charge in [-0.3, -0.25) is 0 Å². The van der Waals surface area contributed by atoms with Crippen molar-refractivity contribution in [2.45, 2.75) is 31.7 Å². The first kappa shape index (κ1) is 7.36. The highest BCUT2D eigenvalue weighted by molar-refractivity contribution is 6.23. The molecule has 1 nitrogen and oxygen atoms in total. The number of rotatable bonds is 1. The number of halogens is 1. The van der Waals surface area contributed by atoms with E-state index in [1.54, 1.807) is 0 Å². The van der Waals surface area contributed by atoms with Crippen LogP contribution in [-0.4, -0.2) is 16.1 Å². The molecule has 0 aliphatic heterocycles. The Morgan fingerprint density at radius 2 is 1.78 bits per heavy atom. The van der Waals surface area contributed by atoms with Gasteiger partial charge in [0.2, 0.25) is 0 Å². The van der Waals surface area contributed by atoms with E-state index in [-0.39, 0.29) is 5.38 Å². The van der Waals surface area contributed by atoms with E-state index in [1.807, 2.05) is 13.8 Å². The van der Waals surface area contributed by atoms with Crippen LogP contribution >= 0.6 is 11.6 Å². The molecule has 1 N–H and O–H groups in total. The number of alkyl halides is 1. The zero-order chi connectivity index (χ0) is 7.23. The van der Waals surface area contributed by atoms with Gasteiger partial charge < -0.3 is 5.11 Å². The first-order chi connectivity index (χ1) is 3.94. The summed E-state index contributed by atoms with van der Waals surface area (Å²) in [4.78, 5) is 0. The van der Waals surface area contributed by atoms with Crippen LogP contribution in [0.15, 0.2) is 0 Å². The largest absolute Gasteiger partial charge is 0.390 e. The zero-order valence-corrected chi connectivity index (χ0v) is 6.81. The molecule has 0 bridgehead atoms. The van der Waals surface area contributed by atoms with Crippen LogP contribution in [0, 0.1) is 11.8 Å². The van der Waals surface area contributed by atoms with Crippen molar-refractivity contribution >= 4 is 11.6 Å². The van der Waals surface area contributed by atoms with Crippen molar-refractivity contribution in [2.75, 3.05) is 0 Å².